The summed E-state index contributed by atoms with van der Waals surface area (Å²) in [4.78, 5) is 9.63. The molecular formula is C12H14ClN3OS. The number of nitrogens with zero attached hydrogens (tertiary/aromatic N) is 2. The van der Waals surface area contributed by atoms with Gasteiger partial charge in [0.15, 0.2) is 0 Å². The zero-order chi connectivity index (χ0) is 13.1. The van der Waals surface area contributed by atoms with Crippen molar-refractivity contribution >= 4 is 28.8 Å². The van der Waals surface area contributed by atoms with E-state index in [1.807, 2.05) is 19.1 Å². The Balaban J connectivity index is 2.16. The largest absolute Gasteiger partial charge is 0.481 e. The molecule has 2 aromatic rings. The topological polar surface area (TPSA) is 47.0 Å². The summed E-state index contributed by atoms with van der Waals surface area (Å²) in [5.74, 6) is 1.98. The molecule has 0 radical (unpaired) electrons. The van der Waals surface area contributed by atoms with E-state index in [-0.39, 0.29) is 6.04 Å². The van der Waals surface area contributed by atoms with Crippen LogP contribution in [0.4, 0.5) is 5.82 Å². The van der Waals surface area contributed by atoms with Crippen LogP contribution in [0, 0.1) is 6.92 Å². The van der Waals surface area contributed by atoms with Crippen LogP contribution in [0.3, 0.4) is 0 Å². The van der Waals surface area contributed by atoms with Crippen molar-refractivity contribution in [2.24, 2.45) is 0 Å². The molecule has 2 aromatic heterocycles. The van der Waals surface area contributed by atoms with Crippen molar-refractivity contribution in [2.45, 2.75) is 19.9 Å². The van der Waals surface area contributed by atoms with E-state index < -0.39 is 0 Å². The standard InChI is InChI=1S/C12H14ClN3OS/c1-7(9-4-5-10(13)18-9)14-11-6-12(17-3)16-8(2)15-11/h4-7H,1-3H3,(H,14,15,16). The molecule has 0 spiro atoms. The molecule has 1 atom stereocenters. The van der Waals surface area contributed by atoms with Gasteiger partial charge in [-0.3, -0.25) is 0 Å². The van der Waals surface area contributed by atoms with Crippen LogP contribution in [-0.4, -0.2) is 17.1 Å². The summed E-state index contributed by atoms with van der Waals surface area (Å²) in [5.41, 5.74) is 0. The number of methoxy groups -OCH3 is 1. The van der Waals surface area contributed by atoms with Gasteiger partial charge in [-0.2, -0.15) is 4.98 Å². The average molecular weight is 284 g/mol. The Hall–Kier alpha value is -1.33. The number of thiophene rings is 1. The first-order chi connectivity index (χ1) is 8.58. The Labute approximate surface area is 115 Å². The Kier molecular flexibility index (Phi) is 4.04. The van der Waals surface area contributed by atoms with Gasteiger partial charge in [0.05, 0.1) is 17.5 Å². The molecule has 0 aromatic carbocycles. The maximum absolute atomic E-state index is 5.93. The van der Waals surface area contributed by atoms with Crippen LogP contribution >= 0.6 is 22.9 Å². The number of aromatic nitrogens is 2. The van der Waals surface area contributed by atoms with E-state index in [1.165, 1.54) is 0 Å². The maximum atomic E-state index is 5.93. The lowest BCUT2D eigenvalue weighted by atomic mass is 10.3. The molecule has 1 unspecified atom stereocenters. The minimum Gasteiger partial charge on any atom is -0.481 e. The highest BCUT2D eigenvalue weighted by Crippen LogP contribution is 2.29. The average Bonchev–Trinajstić information content (AvgIpc) is 2.75. The van der Waals surface area contributed by atoms with E-state index >= 15 is 0 Å². The van der Waals surface area contributed by atoms with E-state index in [0.717, 1.165) is 15.0 Å². The number of ether oxygens (including phenoxy) is 1. The van der Waals surface area contributed by atoms with Gasteiger partial charge >= 0.3 is 0 Å². The van der Waals surface area contributed by atoms with E-state index in [0.29, 0.717) is 11.7 Å². The van der Waals surface area contributed by atoms with Gasteiger partial charge in [-0.15, -0.1) is 11.3 Å². The van der Waals surface area contributed by atoms with Crippen molar-refractivity contribution in [1.29, 1.82) is 0 Å². The third-order valence-electron chi connectivity index (χ3n) is 2.41. The van der Waals surface area contributed by atoms with Crippen LogP contribution in [-0.2, 0) is 0 Å². The summed E-state index contributed by atoms with van der Waals surface area (Å²) in [6, 6.07) is 5.82. The van der Waals surface area contributed by atoms with Crippen LogP contribution in [0.2, 0.25) is 4.34 Å². The SMILES string of the molecule is COc1cc(NC(C)c2ccc(Cl)s2)nc(C)n1. The molecule has 1 N–H and O–H groups in total. The zero-order valence-electron chi connectivity index (χ0n) is 10.4. The van der Waals surface area contributed by atoms with Gasteiger partial charge in [0.25, 0.3) is 0 Å². The highest BCUT2D eigenvalue weighted by Gasteiger charge is 2.10. The minimum absolute atomic E-state index is 0.140. The van der Waals surface area contributed by atoms with Crippen molar-refractivity contribution in [1.82, 2.24) is 9.97 Å². The van der Waals surface area contributed by atoms with E-state index in [4.69, 9.17) is 16.3 Å². The summed E-state index contributed by atoms with van der Waals surface area (Å²) < 4.78 is 5.90. The predicted molar refractivity (Wildman–Crippen MR) is 74.7 cm³/mol. The number of hydrogen-bond donors (Lipinski definition) is 1. The molecule has 0 amide bonds. The molecule has 0 aliphatic heterocycles. The van der Waals surface area contributed by atoms with Gasteiger partial charge in [-0.05, 0) is 26.0 Å². The highest BCUT2D eigenvalue weighted by molar-refractivity contribution is 7.16. The van der Waals surface area contributed by atoms with E-state index in [2.05, 4.69) is 22.2 Å². The first-order valence-corrected chi connectivity index (χ1v) is 6.69. The molecule has 2 heterocycles. The van der Waals surface area contributed by atoms with Gasteiger partial charge in [-0.25, -0.2) is 4.98 Å². The second-order valence-electron chi connectivity index (χ2n) is 3.85. The summed E-state index contributed by atoms with van der Waals surface area (Å²) in [7, 11) is 1.59. The Bertz CT molecular complexity index is 544. The zero-order valence-corrected chi connectivity index (χ0v) is 12.0. The second-order valence-corrected chi connectivity index (χ2v) is 5.60. The first-order valence-electron chi connectivity index (χ1n) is 5.50. The van der Waals surface area contributed by atoms with Gasteiger partial charge in [0, 0.05) is 10.9 Å². The fourth-order valence-corrected chi connectivity index (χ4v) is 2.64. The van der Waals surface area contributed by atoms with Crippen LogP contribution in [0.15, 0.2) is 18.2 Å². The van der Waals surface area contributed by atoms with Crippen molar-refractivity contribution < 1.29 is 4.74 Å². The van der Waals surface area contributed by atoms with Crippen LogP contribution in [0.1, 0.15) is 23.7 Å². The van der Waals surface area contributed by atoms with Gasteiger partial charge < -0.3 is 10.1 Å². The fourth-order valence-electron chi connectivity index (χ4n) is 1.57. The molecule has 0 saturated carbocycles. The smallest absolute Gasteiger partial charge is 0.218 e. The molecule has 96 valence electrons. The van der Waals surface area contributed by atoms with Crippen LogP contribution < -0.4 is 10.1 Å². The second kappa shape index (κ2) is 5.54. The number of hydrogen-bond acceptors (Lipinski definition) is 5. The normalized spacial score (nSPS) is 12.2. The van der Waals surface area contributed by atoms with Crippen LogP contribution in [0.25, 0.3) is 0 Å². The van der Waals surface area contributed by atoms with E-state index in [1.54, 1.807) is 24.5 Å². The highest BCUT2D eigenvalue weighted by atomic mass is 35.5. The Morgan fingerprint density at radius 3 is 2.78 bits per heavy atom. The Morgan fingerprint density at radius 2 is 2.17 bits per heavy atom. The molecule has 4 nitrogen and oxygen atoms in total. The molecule has 0 bridgehead atoms. The molecule has 0 aliphatic carbocycles. The number of anilines is 1. The lowest BCUT2D eigenvalue weighted by molar-refractivity contribution is 0.396. The molecule has 2 rings (SSSR count). The predicted octanol–water partition coefficient (Wildman–Crippen LogP) is 3.68. The van der Waals surface area contributed by atoms with E-state index in [9.17, 15) is 0 Å². The molecule has 0 saturated heterocycles. The lowest BCUT2D eigenvalue weighted by Crippen LogP contribution is -2.08. The molecule has 6 heteroatoms. The Morgan fingerprint density at radius 1 is 1.39 bits per heavy atom. The first kappa shape index (κ1) is 13.1. The number of aryl methyl sites for hydroxylation is 1. The molecule has 0 aliphatic rings. The summed E-state index contributed by atoms with van der Waals surface area (Å²) in [6.07, 6.45) is 0. The molecule has 18 heavy (non-hydrogen) atoms. The lowest BCUT2D eigenvalue weighted by Gasteiger charge is -2.13. The van der Waals surface area contributed by atoms with Crippen LogP contribution in [0.5, 0.6) is 5.88 Å². The third-order valence-corrected chi connectivity index (χ3v) is 3.82. The van der Waals surface area contributed by atoms with Crippen molar-refractivity contribution in [3.8, 4) is 5.88 Å². The molecule has 0 fully saturated rings. The minimum atomic E-state index is 0.140. The number of rotatable bonds is 4. The monoisotopic (exact) mass is 283 g/mol. The summed E-state index contributed by atoms with van der Waals surface area (Å²) >= 11 is 7.48. The van der Waals surface area contributed by atoms with Gasteiger partial charge in [-0.1, -0.05) is 11.6 Å². The number of halogens is 1. The summed E-state index contributed by atoms with van der Waals surface area (Å²) in [5, 5.41) is 3.31. The third kappa shape index (κ3) is 3.11. The van der Waals surface area contributed by atoms with Crippen molar-refractivity contribution in [3.05, 3.63) is 33.2 Å². The van der Waals surface area contributed by atoms with Crippen molar-refractivity contribution in [3.63, 3.8) is 0 Å². The maximum Gasteiger partial charge on any atom is 0.218 e. The number of nitrogens with one attached hydrogen (secondary N) is 1. The molecular weight excluding hydrogens is 270 g/mol. The van der Waals surface area contributed by atoms with Gasteiger partial charge in [0.1, 0.15) is 11.6 Å². The van der Waals surface area contributed by atoms with Crippen molar-refractivity contribution in [2.75, 3.05) is 12.4 Å². The summed E-state index contributed by atoms with van der Waals surface area (Å²) in [6.45, 7) is 3.90. The quantitative estimate of drug-likeness (QED) is 0.930. The fraction of sp³-hybridized carbons (Fsp3) is 0.333. The van der Waals surface area contributed by atoms with Gasteiger partial charge in [0.2, 0.25) is 5.88 Å².